The average molecular weight is 294 g/mol. The summed E-state index contributed by atoms with van der Waals surface area (Å²) in [6.45, 7) is 2.52. The van der Waals surface area contributed by atoms with Gasteiger partial charge in [0, 0.05) is 6.92 Å². The number of hydrogen-bond acceptors (Lipinski definition) is 5. The van der Waals surface area contributed by atoms with Crippen LogP contribution in [0, 0.1) is 0 Å². The molecule has 114 valence electrons. The van der Waals surface area contributed by atoms with Gasteiger partial charge in [-0.15, -0.1) is 0 Å². The van der Waals surface area contributed by atoms with Crippen LogP contribution in [-0.4, -0.2) is 30.5 Å². The van der Waals surface area contributed by atoms with Gasteiger partial charge in [0.25, 0.3) is 5.91 Å². The molecule has 0 aliphatic carbocycles. The Hall–Kier alpha value is -2.57. The molecule has 1 rings (SSSR count). The predicted octanol–water partition coefficient (Wildman–Crippen LogP) is 0.554. The predicted molar refractivity (Wildman–Crippen MR) is 74.1 cm³/mol. The lowest BCUT2D eigenvalue weighted by Crippen LogP contribution is -2.43. The second-order valence-corrected chi connectivity index (χ2v) is 4.16. The Kier molecular flexibility index (Phi) is 6.73. The molecule has 2 amide bonds. The lowest BCUT2D eigenvalue weighted by atomic mass is 10.2. The first-order chi connectivity index (χ1) is 10.0. The fourth-order valence-electron chi connectivity index (χ4n) is 1.38. The SMILES string of the molecule is CC[C@@H](Oc1ccccc1)C(=O)OCC(=O)NNC(C)=O. The number of benzene rings is 1. The molecule has 0 radical (unpaired) electrons. The maximum Gasteiger partial charge on any atom is 0.347 e. The third kappa shape index (κ3) is 6.42. The van der Waals surface area contributed by atoms with Gasteiger partial charge in [0.1, 0.15) is 5.75 Å². The average Bonchev–Trinajstić information content (AvgIpc) is 2.49. The Morgan fingerprint density at radius 3 is 2.38 bits per heavy atom. The number of esters is 1. The summed E-state index contributed by atoms with van der Waals surface area (Å²) < 4.78 is 10.3. The van der Waals surface area contributed by atoms with E-state index in [1.807, 2.05) is 6.07 Å². The maximum absolute atomic E-state index is 11.8. The quantitative estimate of drug-likeness (QED) is 0.590. The van der Waals surface area contributed by atoms with E-state index in [1.54, 1.807) is 31.2 Å². The first-order valence-electron chi connectivity index (χ1n) is 6.46. The molecular formula is C14H18N2O5. The fourth-order valence-corrected chi connectivity index (χ4v) is 1.38. The van der Waals surface area contributed by atoms with Crippen LogP contribution in [0.4, 0.5) is 0 Å². The number of para-hydroxylation sites is 1. The van der Waals surface area contributed by atoms with Crippen LogP contribution in [0.5, 0.6) is 5.75 Å². The van der Waals surface area contributed by atoms with Crippen molar-refractivity contribution in [3.8, 4) is 5.75 Å². The Morgan fingerprint density at radius 1 is 1.14 bits per heavy atom. The van der Waals surface area contributed by atoms with Crippen molar-refractivity contribution in [3.63, 3.8) is 0 Å². The number of hydrogen-bond donors (Lipinski definition) is 2. The standard InChI is InChI=1S/C14H18N2O5/c1-3-12(21-11-7-5-4-6-8-11)14(19)20-9-13(18)16-15-10(2)17/h4-8,12H,3,9H2,1-2H3,(H,15,17)(H,16,18)/t12-/m1/s1. The molecule has 7 heteroatoms. The van der Waals surface area contributed by atoms with E-state index in [1.165, 1.54) is 6.92 Å². The van der Waals surface area contributed by atoms with Crippen molar-refractivity contribution in [1.82, 2.24) is 10.9 Å². The van der Waals surface area contributed by atoms with Crippen molar-refractivity contribution in [2.24, 2.45) is 0 Å². The highest BCUT2D eigenvalue weighted by molar-refractivity contribution is 5.84. The first kappa shape index (κ1) is 16.5. The molecule has 0 aromatic heterocycles. The summed E-state index contributed by atoms with van der Waals surface area (Å²) in [4.78, 5) is 33.7. The molecule has 1 aromatic carbocycles. The van der Waals surface area contributed by atoms with Gasteiger partial charge in [-0.2, -0.15) is 0 Å². The molecule has 1 atom stereocenters. The molecule has 0 saturated heterocycles. The summed E-state index contributed by atoms with van der Waals surface area (Å²) in [5.74, 6) is -1.15. The van der Waals surface area contributed by atoms with Crippen LogP contribution >= 0.6 is 0 Å². The van der Waals surface area contributed by atoms with Crippen LogP contribution in [0.2, 0.25) is 0 Å². The van der Waals surface area contributed by atoms with E-state index in [0.717, 1.165) is 0 Å². The smallest absolute Gasteiger partial charge is 0.347 e. The Labute approximate surface area is 122 Å². The first-order valence-corrected chi connectivity index (χ1v) is 6.46. The van der Waals surface area contributed by atoms with E-state index in [0.29, 0.717) is 12.2 Å². The van der Waals surface area contributed by atoms with E-state index in [-0.39, 0.29) is 0 Å². The second kappa shape index (κ2) is 8.57. The van der Waals surface area contributed by atoms with Crippen molar-refractivity contribution < 1.29 is 23.9 Å². The van der Waals surface area contributed by atoms with Crippen LogP contribution in [0.25, 0.3) is 0 Å². The zero-order valence-corrected chi connectivity index (χ0v) is 11.9. The van der Waals surface area contributed by atoms with Crippen molar-refractivity contribution in [2.45, 2.75) is 26.4 Å². The van der Waals surface area contributed by atoms with Gasteiger partial charge in [-0.3, -0.25) is 20.4 Å². The number of hydrazine groups is 1. The number of ether oxygens (including phenoxy) is 2. The topological polar surface area (TPSA) is 93.7 Å². The number of nitrogens with one attached hydrogen (secondary N) is 2. The monoisotopic (exact) mass is 294 g/mol. The van der Waals surface area contributed by atoms with Gasteiger partial charge in [-0.1, -0.05) is 25.1 Å². The largest absolute Gasteiger partial charge is 0.479 e. The fraction of sp³-hybridized carbons (Fsp3) is 0.357. The summed E-state index contributed by atoms with van der Waals surface area (Å²) in [6.07, 6.45) is -0.387. The molecular weight excluding hydrogens is 276 g/mol. The van der Waals surface area contributed by atoms with Crippen LogP contribution < -0.4 is 15.6 Å². The molecule has 0 heterocycles. The lowest BCUT2D eigenvalue weighted by Gasteiger charge is -2.16. The van der Waals surface area contributed by atoms with E-state index in [4.69, 9.17) is 9.47 Å². The van der Waals surface area contributed by atoms with E-state index >= 15 is 0 Å². The Bertz CT molecular complexity index is 489. The summed E-state index contributed by atoms with van der Waals surface area (Å²) >= 11 is 0. The molecule has 0 aliphatic heterocycles. The van der Waals surface area contributed by atoms with Gasteiger partial charge in [0.05, 0.1) is 0 Å². The minimum Gasteiger partial charge on any atom is -0.479 e. The minimum absolute atomic E-state index is 0.404. The summed E-state index contributed by atoms with van der Waals surface area (Å²) in [5, 5.41) is 0. The second-order valence-electron chi connectivity index (χ2n) is 4.16. The molecule has 0 aliphatic rings. The Morgan fingerprint density at radius 2 is 1.81 bits per heavy atom. The number of carbonyl (C=O) groups is 3. The van der Waals surface area contributed by atoms with Gasteiger partial charge >= 0.3 is 5.97 Å². The van der Waals surface area contributed by atoms with E-state index in [9.17, 15) is 14.4 Å². The van der Waals surface area contributed by atoms with Gasteiger partial charge < -0.3 is 9.47 Å². The zero-order valence-electron chi connectivity index (χ0n) is 11.9. The van der Waals surface area contributed by atoms with E-state index < -0.39 is 30.5 Å². The van der Waals surface area contributed by atoms with Crippen LogP contribution in [0.1, 0.15) is 20.3 Å². The third-order valence-electron chi connectivity index (χ3n) is 2.38. The minimum atomic E-state index is -0.791. The highest BCUT2D eigenvalue weighted by Gasteiger charge is 2.21. The van der Waals surface area contributed by atoms with Crippen molar-refractivity contribution in [1.29, 1.82) is 0 Å². The molecule has 0 saturated carbocycles. The molecule has 2 N–H and O–H groups in total. The molecule has 0 fully saturated rings. The van der Waals surface area contributed by atoms with Crippen LogP contribution in [0.15, 0.2) is 30.3 Å². The van der Waals surface area contributed by atoms with Gasteiger partial charge in [-0.25, -0.2) is 4.79 Å². The van der Waals surface area contributed by atoms with Crippen molar-refractivity contribution in [3.05, 3.63) is 30.3 Å². The number of amides is 2. The van der Waals surface area contributed by atoms with Gasteiger partial charge in [-0.05, 0) is 18.6 Å². The maximum atomic E-state index is 11.8. The molecule has 7 nitrogen and oxygen atoms in total. The molecule has 0 spiro atoms. The summed E-state index contributed by atoms with van der Waals surface area (Å²) in [7, 11) is 0. The molecule has 0 unspecified atom stereocenters. The molecule has 0 bridgehead atoms. The molecule has 1 aromatic rings. The summed E-state index contributed by atoms with van der Waals surface area (Å²) in [6, 6.07) is 8.85. The van der Waals surface area contributed by atoms with Gasteiger partial charge in [0.2, 0.25) is 5.91 Å². The Balaban J connectivity index is 2.41. The number of rotatable bonds is 6. The van der Waals surface area contributed by atoms with Crippen molar-refractivity contribution in [2.75, 3.05) is 6.61 Å². The van der Waals surface area contributed by atoms with Crippen molar-refractivity contribution >= 4 is 17.8 Å². The molecule has 21 heavy (non-hydrogen) atoms. The number of carbonyl (C=O) groups excluding carboxylic acids is 3. The van der Waals surface area contributed by atoms with Gasteiger partial charge in [0.15, 0.2) is 12.7 Å². The van der Waals surface area contributed by atoms with E-state index in [2.05, 4.69) is 10.9 Å². The van der Waals surface area contributed by atoms with Crippen LogP contribution in [-0.2, 0) is 19.1 Å². The normalized spacial score (nSPS) is 11.1. The highest BCUT2D eigenvalue weighted by atomic mass is 16.6. The summed E-state index contributed by atoms with van der Waals surface area (Å²) in [5.41, 5.74) is 4.18. The third-order valence-corrected chi connectivity index (χ3v) is 2.38. The lowest BCUT2D eigenvalue weighted by molar-refractivity contribution is -0.155. The van der Waals surface area contributed by atoms with Crippen LogP contribution in [0.3, 0.4) is 0 Å². The highest BCUT2D eigenvalue weighted by Crippen LogP contribution is 2.13. The zero-order chi connectivity index (χ0) is 15.7.